The lowest BCUT2D eigenvalue weighted by atomic mass is 9.76. The summed E-state index contributed by atoms with van der Waals surface area (Å²) in [6.45, 7) is 0.725. The summed E-state index contributed by atoms with van der Waals surface area (Å²) in [5.74, 6) is -0.270. The number of amides is 1. The van der Waals surface area contributed by atoms with Crippen LogP contribution in [0.2, 0.25) is 0 Å². The van der Waals surface area contributed by atoms with E-state index in [1.54, 1.807) is 4.90 Å². The van der Waals surface area contributed by atoms with Gasteiger partial charge < -0.3 is 20.5 Å². The van der Waals surface area contributed by atoms with Crippen molar-refractivity contribution in [2.75, 3.05) is 23.8 Å². The van der Waals surface area contributed by atoms with Crippen LogP contribution in [0.4, 0.5) is 11.5 Å². The zero-order valence-electron chi connectivity index (χ0n) is 16.6. The Hall–Kier alpha value is -3.16. The molecule has 156 valence electrons. The van der Waals surface area contributed by atoms with Crippen molar-refractivity contribution in [1.82, 2.24) is 9.97 Å². The van der Waals surface area contributed by atoms with Gasteiger partial charge in [0, 0.05) is 5.69 Å². The Morgan fingerprint density at radius 2 is 1.93 bits per heavy atom. The number of carbonyl (C=O) groups is 2. The minimum absolute atomic E-state index is 0.0517. The van der Waals surface area contributed by atoms with E-state index in [9.17, 15) is 14.7 Å². The second kappa shape index (κ2) is 6.97. The number of nitrogens with zero attached hydrogens (tertiary/aromatic N) is 3. The zero-order valence-corrected chi connectivity index (χ0v) is 16.6. The SMILES string of the molecule is Nc1ncnc2c1C(=O)N(c1ccc([C@H]3CC[C@@]4(CC3)CC4C(=O)O)cc1)CCO2. The van der Waals surface area contributed by atoms with E-state index in [2.05, 4.69) is 22.1 Å². The highest BCUT2D eigenvalue weighted by atomic mass is 16.5. The number of hydrogen-bond acceptors (Lipinski definition) is 6. The molecule has 1 amide bonds. The number of benzene rings is 1. The largest absolute Gasteiger partial charge is 0.481 e. The van der Waals surface area contributed by atoms with Crippen LogP contribution in [0.5, 0.6) is 5.88 Å². The predicted octanol–water partition coefficient (Wildman–Crippen LogP) is 2.85. The maximum Gasteiger partial charge on any atom is 0.307 e. The maximum absolute atomic E-state index is 13.0. The Morgan fingerprint density at radius 1 is 1.20 bits per heavy atom. The summed E-state index contributed by atoms with van der Waals surface area (Å²) in [4.78, 5) is 33.9. The Labute approximate surface area is 174 Å². The van der Waals surface area contributed by atoms with Crippen molar-refractivity contribution in [2.24, 2.45) is 11.3 Å². The molecule has 2 saturated carbocycles. The van der Waals surface area contributed by atoms with Gasteiger partial charge in [-0.05, 0) is 61.1 Å². The van der Waals surface area contributed by atoms with Crippen molar-refractivity contribution < 1.29 is 19.4 Å². The van der Waals surface area contributed by atoms with Gasteiger partial charge in [-0.2, -0.15) is 0 Å². The molecule has 1 unspecified atom stereocenters. The van der Waals surface area contributed by atoms with Gasteiger partial charge in [0.05, 0.1) is 12.5 Å². The average Bonchev–Trinajstić information content (AvgIpc) is 3.48. The summed E-state index contributed by atoms with van der Waals surface area (Å²) in [7, 11) is 0. The third-order valence-corrected chi connectivity index (χ3v) is 7.00. The molecule has 8 nitrogen and oxygen atoms in total. The zero-order chi connectivity index (χ0) is 20.9. The van der Waals surface area contributed by atoms with E-state index < -0.39 is 5.97 Å². The van der Waals surface area contributed by atoms with Crippen molar-refractivity contribution in [3.05, 3.63) is 41.7 Å². The molecule has 2 aliphatic carbocycles. The normalized spacial score (nSPS) is 27.9. The fraction of sp³-hybridized carbons (Fsp3) is 0.455. The van der Waals surface area contributed by atoms with Gasteiger partial charge in [-0.25, -0.2) is 9.97 Å². The van der Waals surface area contributed by atoms with Gasteiger partial charge in [0.15, 0.2) is 0 Å². The second-order valence-electron chi connectivity index (χ2n) is 8.57. The molecule has 2 aromatic rings. The number of nitrogens with two attached hydrogens (primary N) is 1. The third-order valence-electron chi connectivity index (χ3n) is 7.00. The molecule has 2 heterocycles. The van der Waals surface area contributed by atoms with E-state index in [1.165, 1.54) is 11.9 Å². The molecule has 2 fully saturated rings. The van der Waals surface area contributed by atoms with Crippen molar-refractivity contribution in [1.29, 1.82) is 0 Å². The number of carboxylic acids is 1. The lowest BCUT2D eigenvalue weighted by Gasteiger charge is -2.29. The summed E-state index contributed by atoms with van der Waals surface area (Å²) in [5, 5.41) is 9.27. The van der Waals surface area contributed by atoms with Gasteiger partial charge >= 0.3 is 5.97 Å². The number of rotatable bonds is 3. The van der Waals surface area contributed by atoms with Gasteiger partial charge in [-0.3, -0.25) is 9.59 Å². The Morgan fingerprint density at radius 3 is 2.60 bits per heavy atom. The van der Waals surface area contributed by atoms with Gasteiger partial charge in [-0.1, -0.05) is 12.1 Å². The molecule has 1 aromatic heterocycles. The van der Waals surface area contributed by atoms with Crippen LogP contribution in [0, 0.1) is 11.3 Å². The first-order valence-electron chi connectivity index (χ1n) is 10.4. The van der Waals surface area contributed by atoms with Crippen LogP contribution in [0.3, 0.4) is 0 Å². The van der Waals surface area contributed by atoms with Crippen molar-refractivity contribution in [3.63, 3.8) is 0 Å². The predicted molar refractivity (Wildman–Crippen MR) is 109 cm³/mol. The van der Waals surface area contributed by atoms with Crippen LogP contribution in [0.25, 0.3) is 0 Å². The number of carbonyl (C=O) groups excluding carboxylic acids is 1. The molecular formula is C22H24N4O4. The number of ether oxygens (including phenoxy) is 1. The summed E-state index contributed by atoms with van der Waals surface area (Å²) < 4.78 is 5.59. The fourth-order valence-electron chi connectivity index (χ4n) is 5.11. The Bertz CT molecular complexity index is 999. The number of aliphatic carboxylic acids is 1. The molecule has 8 heteroatoms. The number of hydrogen-bond donors (Lipinski definition) is 2. The van der Waals surface area contributed by atoms with E-state index in [4.69, 9.17) is 10.5 Å². The minimum atomic E-state index is -0.642. The average molecular weight is 408 g/mol. The number of fused-ring (bicyclic) bond motifs is 1. The number of carboxylic acid groups (broad SMARTS) is 1. The topological polar surface area (TPSA) is 119 Å². The molecule has 1 aliphatic heterocycles. The van der Waals surface area contributed by atoms with Gasteiger partial charge in [0.1, 0.15) is 24.3 Å². The molecule has 3 N–H and O–H groups in total. The van der Waals surface area contributed by atoms with Crippen LogP contribution < -0.4 is 15.4 Å². The second-order valence-corrected chi connectivity index (χ2v) is 8.57. The van der Waals surface area contributed by atoms with E-state index in [1.807, 2.05) is 12.1 Å². The lowest BCUT2D eigenvalue weighted by molar-refractivity contribution is -0.139. The van der Waals surface area contributed by atoms with Gasteiger partial charge in [-0.15, -0.1) is 0 Å². The van der Waals surface area contributed by atoms with Gasteiger partial charge in [0.2, 0.25) is 5.88 Å². The third kappa shape index (κ3) is 3.07. The number of anilines is 2. The van der Waals surface area contributed by atoms with Crippen LogP contribution in [0.15, 0.2) is 30.6 Å². The monoisotopic (exact) mass is 408 g/mol. The molecule has 3 aliphatic rings. The molecule has 0 saturated heterocycles. The van der Waals surface area contributed by atoms with Crippen LogP contribution >= 0.6 is 0 Å². The van der Waals surface area contributed by atoms with Gasteiger partial charge in [0.25, 0.3) is 5.91 Å². The Balaban J connectivity index is 1.30. The highest BCUT2D eigenvalue weighted by Crippen LogP contribution is 2.63. The molecule has 0 radical (unpaired) electrons. The van der Waals surface area contributed by atoms with E-state index in [-0.39, 0.29) is 34.5 Å². The number of nitrogen functional groups attached to an aromatic ring is 1. The van der Waals surface area contributed by atoms with Crippen molar-refractivity contribution in [2.45, 2.75) is 38.0 Å². The summed E-state index contributed by atoms with van der Waals surface area (Å²) in [6.07, 6.45) is 6.12. The fourth-order valence-corrected chi connectivity index (χ4v) is 5.11. The molecule has 1 aromatic carbocycles. The first-order valence-corrected chi connectivity index (χ1v) is 10.4. The van der Waals surface area contributed by atoms with Crippen LogP contribution in [0.1, 0.15) is 53.9 Å². The lowest BCUT2D eigenvalue weighted by Crippen LogP contribution is -2.32. The molecule has 5 rings (SSSR count). The molecular weight excluding hydrogens is 384 g/mol. The van der Waals surface area contributed by atoms with E-state index in [0.29, 0.717) is 19.1 Å². The number of aromatic nitrogens is 2. The summed E-state index contributed by atoms with van der Waals surface area (Å²) in [6, 6.07) is 8.06. The van der Waals surface area contributed by atoms with Crippen LogP contribution in [-0.2, 0) is 4.79 Å². The maximum atomic E-state index is 13.0. The highest BCUT2D eigenvalue weighted by Gasteiger charge is 2.58. The smallest absolute Gasteiger partial charge is 0.307 e. The summed E-state index contributed by atoms with van der Waals surface area (Å²) >= 11 is 0. The van der Waals surface area contributed by atoms with Crippen molar-refractivity contribution in [3.8, 4) is 5.88 Å². The quantitative estimate of drug-likeness (QED) is 0.801. The molecule has 1 spiro atoms. The first-order chi connectivity index (χ1) is 14.5. The molecule has 30 heavy (non-hydrogen) atoms. The Kier molecular flexibility index (Phi) is 4.38. The molecule has 0 bridgehead atoms. The first kappa shape index (κ1) is 18.8. The highest BCUT2D eigenvalue weighted by molar-refractivity contribution is 6.10. The molecule has 1 atom stereocenters. The standard InChI is InChI=1S/C22H24N4O4/c23-18-17-19(25-12-24-18)30-10-9-26(20(17)27)15-3-1-13(2-4-15)14-5-7-22(8-6-14)11-16(22)21(28)29/h1-4,12,14,16H,5-11H2,(H,28,29)(H2,23,24,25)/t14-,16?,22+. The van der Waals surface area contributed by atoms with E-state index in [0.717, 1.165) is 37.8 Å². The summed E-state index contributed by atoms with van der Waals surface area (Å²) in [5.41, 5.74) is 8.18. The van der Waals surface area contributed by atoms with Crippen LogP contribution in [-0.4, -0.2) is 40.1 Å². The van der Waals surface area contributed by atoms with Crippen molar-refractivity contribution >= 4 is 23.4 Å². The van der Waals surface area contributed by atoms with E-state index >= 15 is 0 Å². The minimum Gasteiger partial charge on any atom is -0.481 e.